The van der Waals surface area contributed by atoms with Gasteiger partial charge >= 0.3 is 6.18 Å². The van der Waals surface area contributed by atoms with Crippen molar-refractivity contribution in [3.63, 3.8) is 0 Å². The highest BCUT2D eigenvalue weighted by Crippen LogP contribution is 2.32. The Hall–Kier alpha value is -1.72. The molecule has 0 saturated carbocycles. The number of aromatic nitrogens is 2. The highest BCUT2D eigenvalue weighted by Gasteiger charge is 2.45. The molecule has 3 heterocycles. The van der Waals surface area contributed by atoms with Gasteiger partial charge in [-0.15, -0.1) is 11.3 Å². The monoisotopic (exact) mass is 437 g/mol. The van der Waals surface area contributed by atoms with Gasteiger partial charge in [0.15, 0.2) is 18.1 Å². The first-order chi connectivity index (χ1) is 11.8. The Kier molecular flexibility index (Phi) is 4.98. The number of alkyl halides is 3. The quantitative estimate of drug-likeness (QED) is 0.778. The molecular weight excluding hydrogens is 427 g/mol. The fraction of sp³-hybridized carbons (Fsp3) is 0.357. The number of hydrogen-bond acceptors (Lipinski definition) is 6. The van der Waals surface area contributed by atoms with Crippen molar-refractivity contribution in [1.29, 1.82) is 0 Å². The van der Waals surface area contributed by atoms with E-state index in [-0.39, 0.29) is 24.7 Å². The van der Waals surface area contributed by atoms with E-state index >= 15 is 0 Å². The first kappa shape index (κ1) is 18.1. The molecule has 0 unspecified atom stereocenters. The molecule has 0 aromatic carbocycles. The molecule has 6 nitrogen and oxygen atoms in total. The summed E-state index contributed by atoms with van der Waals surface area (Å²) in [6.45, 7) is -1.07. The number of hydrogen-bond donors (Lipinski definition) is 1. The Labute approximate surface area is 152 Å². The number of thiazole rings is 1. The van der Waals surface area contributed by atoms with Gasteiger partial charge in [-0.3, -0.25) is 4.79 Å². The van der Waals surface area contributed by atoms with E-state index in [4.69, 9.17) is 9.47 Å². The van der Waals surface area contributed by atoms with Crippen LogP contribution in [0.1, 0.15) is 15.5 Å². The summed E-state index contributed by atoms with van der Waals surface area (Å²) < 4.78 is 47.6. The second-order valence-corrected chi connectivity index (χ2v) is 7.08. The van der Waals surface area contributed by atoms with Gasteiger partial charge in [0.05, 0.1) is 13.2 Å². The van der Waals surface area contributed by atoms with Crippen LogP contribution < -0.4 is 10.1 Å². The Bertz CT molecular complexity index is 766. The molecule has 1 N–H and O–H groups in total. The first-order valence-corrected chi connectivity index (χ1v) is 8.62. The maximum absolute atomic E-state index is 12.6. The first-order valence-electron chi connectivity index (χ1n) is 6.94. The van der Waals surface area contributed by atoms with Crippen LogP contribution in [0.15, 0.2) is 28.3 Å². The summed E-state index contributed by atoms with van der Waals surface area (Å²) in [4.78, 5) is 20.6. The van der Waals surface area contributed by atoms with Gasteiger partial charge in [0.2, 0.25) is 0 Å². The number of nitrogens with zero attached hydrogens (tertiary/aromatic N) is 2. The Morgan fingerprint density at radius 3 is 2.76 bits per heavy atom. The molecule has 0 bridgehead atoms. The van der Waals surface area contributed by atoms with Crippen LogP contribution in [0.25, 0.3) is 0 Å². The van der Waals surface area contributed by atoms with E-state index in [0.717, 1.165) is 0 Å². The van der Waals surface area contributed by atoms with E-state index in [1.54, 1.807) is 11.6 Å². The molecule has 3 rings (SSSR count). The number of rotatable bonds is 5. The maximum Gasteiger partial charge on any atom is 0.422 e. The standard InChI is InChI=1S/C14H11BrF3N3O3S/c15-8-3-9(24-7-14(16,17)18)10(20-4-8)11(22)21-13(5-23-6-13)12-19-1-2-25-12/h1-4H,5-7H2,(H,21,22). The molecule has 0 radical (unpaired) electrons. The number of pyridine rings is 1. The van der Waals surface area contributed by atoms with Crippen molar-refractivity contribution in [2.24, 2.45) is 0 Å². The molecule has 0 aliphatic carbocycles. The van der Waals surface area contributed by atoms with Gasteiger partial charge in [0.1, 0.15) is 10.5 Å². The van der Waals surface area contributed by atoms with Crippen molar-refractivity contribution < 1.29 is 27.4 Å². The summed E-state index contributed by atoms with van der Waals surface area (Å²) in [6.07, 6.45) is -1.62. The third kappa shape index (κ3) is 4.10. The second-order valence-electron chi connectivity index (χ2n) is 5.27. The molecule has 1 aliphatic rings. The average Bonchev–Trinajstić information content (AvgIpc) is 3.02. The lowest BCUT2D eigenvalue weighted by atomic mass is 9.98. The fourth-order valence-electron chi connectivity index (χ4n) is 2.15. The summed E-state index contributed by atoms with van der Waals surface area (Å²) in [5, 5.41) is 5.17. The maximum atomic E-state index is 12.6. The SMILES string of the molecule is O=C(NC1(c2nccs2)COC1)c1ncc(Br)cc1OCC(F)(F)F. The summed E-state index contributed by atoms with van der Waals surface area (Å²) in [5.74, 6) is -0.929. The smallest absolute Gasteiger partial charge is 0.422 e. The Morgan fingerprint density at radius 1 is 1.44 bits per heavy atom. The zero-order chi connectivity index (χ0) is 18.1. The third-order valence-corrected chi connectivity index (χ3v) is 4.73. The van der Waals surface area contributed by atoms with Crippen molar-refractivity contribution >= 4 is 33.2 Å². The van der Waals surface area contributed by atoms with Crippen LogP contribution in [-0.2, 0) is 10.3 Å². The molecule has 1 aliphatic heterocycles. The number of carbonyl (C=O) groups is 1. The minimum absolute atomic E-state index is 0.224. The summed E-state index contributed by atoms with van der Waals surface area (Å²) in [5.41, 5.74) is -1.04. The summed E-state index contributed by atoms with van der Waals surface area (Å²) in [7, 11) is 0. The van der Waals surface area contributed by atoms with Crippen LogP contribution in [0.4, 0.5) is 13.2 Å². The predicted molar refractivity (Wildman–Crippen MR) is 85.6 cm³/mol. The van der Waals surface area contributed by atoms with E-state index in [1.807, 2.05) is 0 Å². The second kappa shape index (κ2) is 6.89. The van der Waals surface area contributed by atoms with E-state index in [0.29, 0.717) is 9.48 Å². The highest BCUT2D eigenvalue weighted by atomic mass is 79.9. The van der Waals surface area contributed by atoms with E-state index in [9.17, 15) is 18.0 Å². The highest BCUT2D eigenvalue weighted by molar-refractivity contribution is 9.10. The van der Waals surface area contributed by atoms with Crippen molar-refractivity contribution in [2.45, 2.75) is 11.7 Å². The predicted octanol–water partition coefficient (Wildman–Crippen LogP) is 2.90. The lowest BCUT2D eigenvalue weighted by Crippen LogP contribution is -2.59. The van der Waals surface area contributed by atoms with Crippen LogP contribution in [0, 0.1) is 0 Å². The molecule has 2 aromatic rings. The lowest BCUT2D eigenvalue weighted by Gasteiger charge is -2.40. The molecule has 134 valence electrons. The average molecular weight is 438 g/mol. The Balaban J connectivity index is 1.82. The molecule has 11 heteroatoms. The number of halogens is 4. The molecule has 0 spiro atoms. The number of ether oxygens (including phenoxy) is 2. The molecule has 1 fully saturated rings. The van der Waals surface area contributed by atoms with Crippen LogP contribution in [-0.4, -0.2) is 41.9 Å². The van der Waals surface area contributed by atoms with E-state index in [2.05, 4.69) is 31.2 Å². The van der Waals surface area contributed by atoms with Crippen LogP contribution in [0.3, 0.4) is 0 Å². The van der Waals surface area contributed by atoms with Gasteiger partial charge in [0.25, 0.3) is 5.91 Å². The number of nitrogens with one attached hydrogen (secondary N) is 1. The van der Waals surface area contributed by atoms with Gasteiger partial charge in [0, 0.05) is 22.2 Å². The largest absolute Gasteiger partial charge is 0.482 e. The van der Waals surface area contributed by atoms with Gasteiger partial charge in [-0.1, -0.05) is 0 Å². The van der Waals surface area contributed by atoms with Gasteiger partial charge < -0.3 is 14.8 Å². The van der Waals surface area contributed by atoms with Gasteiger partial charge in [-0.05, 0) is 22.0 Å². The van der Waals surface area contributed by atoms with Crippen molar-refractivity contribution in [3.8, 4) is 5.75 Å². The number of carbonyl (C=O) groups excluding carboxylic acids is 1. The zero-order valence-corrected chi connectivity index (χ0v) is 14.9. The van der Waals surface area contributed by atoms with Crippen LogP contribution >= 0.6 is 27.3 Å². The van der Waals surface area contributed by atoms with Crippen molar-refractivity contribution in [3.05, 3.63) is 39.0 Å². The summed E-state index contributed by atoms with van der Waals surface area (Å²) >= 11 is 4.45. The molecule has 25 heavy (non-hydrogen) atoms. The van der Waals surface area contributed by atoms with Crippen LogP contribution in [0.2, 0.25) is 0 Å². The topological polar surface area (TPSA) is 73.3 Å². The van der Waals surface area contributed by atoms with Gasteiger partial charge in [-0.25, -0.2) is 9.97 Å². The Morgan fingerprint density at radius 2 is 2.20 bits per heavy atom. The lowest BCUT2D eigenvalue weighted by molar-refractivity contribution is -0.153. The normalized spacial score (nSPS) is 16.2. The molecule has 1 amide bonds. The fourth-order valence-corrected chi connectivity index (χ4v) is 3.23. The minimum Gasteiger partial charge on any atom is -0.482 e. The van der Waals surface area contributed by atoms with E-state index in [1.165, 1.54) is 23.6 Å². The molecule has 2 aromatic heterocycles. The molecular formula is C14H11BrF3N3O3S. The summed E-state index contributed by atoms with van der Waals surface area (Å²) in [6, 6.07) is 1.26. The molecule has 1 saturated heterocycles. The zero-order valence-electron chi connectivity index (χ0n) is 12.5. The van der Waals surface area contributed by atoms with Gasteiger partial charge in [-0.2, -0.15) is 13.2 Å². The third-order valence-electron chi connectivity index (χ3n) is 3.32. The van der Waals surface area contributed by atoms with Crippen LogP contribution in [0.5, 0.6) is 5.75 Å². The van der Waals surface area contributed by atoms with Crippen molar-refractivity contribution in [2.75, 3.05) is 19.8 Å². The number of amides is 1. The van der Waals surface area contributed by atoms with E-state index < -0.39 is 24.2 Å². The molecule has 0 atom stereocenters. The van der Waals surface area contributed by atoms with Crippen molar-refractivity contribution in [1.82, 2.24) is 15.3 Å². The minimum atomic E-state index is -4.53.